The quantitative estimate of drug-likeness (QED) is 0.473. The standard InChI is InChI=1S/C17H31N3O3/c1-23-14-13-18-16(21)17(22)20-19-15-11-9-7-5-3-2-4-6-8-10-12-15/h2-14H2,1H3,(H,18,21)(H,20,22). The van der Waals surface area contributed by atoms with Crippen LogP contribution in [0.15, 0.2) is 5.10 Å². The Morgan fingerprint density at radius 3 is 1.96 bits per heavy atom. The third-order valence-corrected chi connectivity index (χ3v) is 4.04. The third-order valence-electron chi connectivity index (χ3n) is 4.04. The highest BCUT2D eigenvalue weighted by Crippen LogP contribution is 2.15. The maximum atomic E-state index is 11.7. The molecule has 132 valence electrons. The zero-order valence-corrected chi connectivity index (χ0v) is 14.4. The summed E-state index contributed by atoms with van der Waals surface area (Å²) >= 11 is 0. The van der Waals surface area contributed by atoms with Crippen molar-refractivity contribution < 1.29 is 14.3 Å². The Balaban J connectivity index is 2.39. The van der Waals surface area contributed by atoms with Gasteiger partial charge in [0.2, 0.25) is 0 Å². The predicted octanol–water partition coefficient (Wildman–Crippen LogP) is 2.53. The van der Waals surface area contributed by atoms with Gasteiger partial charge in [-0.3, -0.25) is 9.59 Å². The van der Waals surface area contributed by atoms with Gasteiger partial charge >= 0.3 is 11.8 Å². The first-order valence-electron chi connectivity index (χ1n) is 8.86. The van der Waals surface area contributed by atoms with Crippen LogP contribution in [-0.4, -0.2) is 37.8 Å². The largest absolute Gasteiger partial charge is 0.383 e. The molecule has 23 heavy (non-hydrogen) atoms. The molecule has 6 nitrogen and oxygen atoms in total. The van der Waals surface area contributed by atoms with Crippen LogP contribution in [0.5, 0.6) is 0 Å². The molecule has 0 unspecified atom stereocenters. The SMILES string of the molecule is COCCNC(=O)C(=O)NN=C1CCCCCCCCCCC1. The second-order valence-electron chi connectivity index (χ2n) is 6.05. The van der Waals surface area contributed by atoms with Gasteiger partial charge in [-0.15, -0.1) is 0 Å². The summed E-state index contributed by atoms with van der Waals surface area (Å²) in [6.45, 7) is 0.701. The highest BCUT2D eigenvalue weighted by atomic mass is 16.5. The van der Waals surface area contributed by atoms with E-state index in [0.29, 0.717) is 13.2 Å². The van der Waals surface area contributed by atoms with Crippen LogP contribution in [0.1, 0.15) is 70.6 Å². The highest BCUT2D eigenvalue weighted by Gasteiger charge is 2.12. The van der Waals surface area contributed by atoms with Crippen LogP contribution in [0.25, 0.3) is 0 Å². The van der Waals surface area contributed by atoms with E-state index in [2.05, 4.69) is 15.8 Å². The summed E-state index contributed by atoms with van der Waals surface area (Å²) in [6.07, 6.45) is 13.0. The average molecular weight is 325 g/mol. The van der Waals surface area contributed by atoms with E-state index in [1.54, 1.807) is 7.11 Å². The fourth-order valence-electron chi connectivity index (χ4n) is 2.66. The molecule has 2 amide bonds. The number of nitrogens with one attached hydrogen (secondary N) is 2. The molecule has 6 heteroatoms. The van der Waals surface area contributed by atoms with Crippen LogP contribution in [0.4, 0.5) is 0 Å². The van der Waals surface area contributed by atoms with Gasteiger partial charge in [0.05, 0.1) is 6.61 Å². The van der Waals surface area contributed by atoms with E-state index in [9.17, 15) is 9.59 Å². The second kappa shape index (κ2) is 13.0. The van der Waals surface area contributed by atoms with Crippen LogP contribution < -0.4 is 10.7 Å². The minimum Gasteiger partial charge on any atom is -0.383 e. The van der Waals surface area contributed by atoms with Crippen molar-refractivity contribution in [1.29, 1.82) is 0 Å². The lowest BCUT2D eigenvalue weighted by atomic mass is 10.00. The summed E-state index contributed by atoms with van der Waals surface area (Å²) in [5.74, 6) is -1.38. The van der Waals surface area contributed by atoms with Crippen molar-refractivity contribution in [3.8, 4) is 0 Å². The zero-order valence-electron chi connectivity index (χ0n) is 14.4. The van der Waals surface area contributed by atoms with Crippen LogP contribution in [0.2, 0.25) is 0 Å². The minimum absolute atomic E-state index is 0.319. The molecular formula is C17H31N3O3. The van der Waals surface area contributed by atoms with E-state index in [1.807, 2.05) is 0 Å². The molecule has 0 bridgehead atoms. The Morgan fingerprint density at radius 1 is 0.913 bits per heavy atom. The number of methoxy groups -OCH3 is 1. The third kappa shape index (κ3) is 10.0. The van der Waals surface area contributed by atoms with Gasteiger partial charge in [0.1, 0.15) is 0 Å². The summed E-state index contributed by atoms with van der Waals surface area (Å²) in [7, 11) is 1.54. The molecule has 0 spiro atoms. The van der Waals surface area contributed by atoms with Gasteiger partial charge in [0.25, 0.3) is 0 Å². The smallest absolute Gasteiger partial charge is 0.329 e. The van der Waals surface area contributed by atoms with Crippen molar-refractivity contribution in [2.75, 3.05) is 20.3 Å². The van der Waals surface area contributed by atoms with Crippen LogP contribution in [0.3, 0.4) is 0 Å². The van der Waals surface area contributed by atoms with E-state index in [4.69, 9.17) is 4.74 Å². The van der Waals surface area contributed by atoms with Gasteiger partial charge in [-0.2, -0.15) is 5.10 Å². The summed E-state index contributed by atoms with van der Waals surface area (Å²) < 4.78 is 4.82. The molecular weight excluding hydrogens is 294 g/mol. The first-order chi connectivity index (χ1) is 11.2. The zero-order chi connectivity index (χ0) is 16.8. The molecule has 1 aliphatic rings. The molecule has 0 atom stereocenters. The van der Waals surface area contributed by atoms with Gasteiger partial charge in [0.15, 0.2) is 0 Å². The van der Waals surface area contributed by atoms with E-state index >= 15 is 0 Å². The van der Waals surface area contributed by atoms with E-state index in [-0.39, 0.29) is 0 Å². The topological polar surface area (TPSA) is 79.8 Å². The number of carbonyl (C=O) groups excluding carboxylic acids is 2. The van der Waals surface area contributed by atoms with Crippen LogP contribution in [0, 0.1) is 0 Å². The molecule has 0 heterocycles. The first kappa shape index (κ1) is 19.6. The Labute approximate surface area is 139 Å². The molecule has 0 aromatic heterocycles. The van der Waals surface area contributed by atoms with Gasteiger partial charge in [-0.25, -0.2) is 5.43 Å². The van der Waals surface area contributed by atoms with E-state index in [0.717, 1.165) is 31.4 Å². The summed E-state index contributed by atoms with van der Waals surface area (Å²) in [4.78, 5) is 23.2. The lowest BCUT2D eigenvalue weighted by Crippen LogP contribution is -2.39. The molecule has 1 rings (SSSR count). The maximum Gasteiger partial charge on any atom is 0.329 e. The van der Waals surface area contributed by atoms with Gasteiger partial charge in [-0.1, -0.05) is 44.9 Å². The van der Waals surface area contributed by atoms with Crippen molar-refractivity contribution in [2.45, 2.75) is 70.6 Å². The lowest BCUT2D eigenvalue weighted by molar-refractivity contribution is -0.139. The number of rotatable bonds is 4. The number of carbonyl (C=O) groups is 2. The molecule has 0 saturated heterocycles. The maximum absolute atomic E-state index is 11.7. The Kier molecular flexibility index (Phi) is 11.1. The fourth-order valence-corrected chi connectivity index (χ4v) is 2.66. The average Bonchev–Trinajstić information content (AvgIpc) is 2.54. The second-order valence-corrected chi connectivity index (χ2v) is 6.05. The van der Waals surface area contributed by atoms with Crippen molar-refractivity contribution in [3.05, 3.63) is 0 Å². The van der Waals surface area contributed by atoms with Crippen molar-refractivity contribution in [3.63, 3.8) is 0 Å². The normalized spacial score (nSPS) is 17.5. The molecule has 1 fully saturated rings. The van der Waals surface area contributed by atoms with Gasteiger partial charge < -0.3 is 10.1 Å². The number of hydrazone groups is 1. The number of hydrogen-bond donors (Lipinski definition) is 2. The number of amides is 2. The summed E-state index contributed by atoms with van der Waals surface area (Å²) in [5, 5.41) is 6.67. The van der Waals surface area contributed by atoms with Crippen molar-refractivity contribution in [1.82, 2.24) is 10.7 Å². The summed E-state index contributed by atoms with van der Waals surface area (Å²) in [5.41, 5.74) is 3.39. The number of hydrogen-bond acceptors (Lipinski definition) is 4. The van der Waals surface area contributed by atoms with Crippen LogP contribution in [-0.2, 0) is 14.3 Å². The van der Waals surface area contributed by atoms with Crippen LogP contribution >= 0.6 is 0 Å². The van der Waals surface area contributed by atoms with Gasteiger partial charge in [0, 0.05) is 19.4 Å². The molecule has 0 aliphatic heterocycles. The van der Waals surface area contributed by atoms with E-state index in [1.165, 1.54) is 44.9 Å². The molecule has 1 aliphatic carbocycles. The Morgan fingerprint density at radius 2 is 1.43 bits per heavy atom. The molecule has 2 N–H and O–H groups in total. The molecule has 1 saturated carbocycles. The van der Waals surface area contributed by atoms with Gasteiger partial charge in [-0.05, 0) is 25.7 Å². The molecule has 0 aromatic carbocycles. The monoisotopic (exact) mass is 325 g/mol. The Bertz CT molecular complexity index is 369. The highest BCUT2D eigenvalue weighted by molar-refractivity contribution is 6.35. The van der Waals surface area contributed by atoms with Crippen molar-refractivity contribution >= 4 is 17.5 Å². The van der Waals surface area contributed by atoms with Crippen molar-refractivity contribution in [2.24, 2.45) is 5.10 Å². The number of ether oxygens (including phenoxy) is 1. The first-order valence-corrected chi connectivity index (χ1v) is 8.86. The molecule has 0 aromatic rings. The fraction of sp³-hybridized carbons (Fsp3) is 0.824. The lowest BCUT2D eigenvalue weighted by Gasteiger charge is -2.09. The minimum atomic E-state index is -0.709. The predicted molar refractivity (Wildman–Crippen MR) is 91.3 cm³/mol. The summed E-state index contributed by atoms with van der Waals surface area (Å²) in [6, 6.07) is 0. The van der Waals surface area contributed by atoms with E-state index < -0.39 is 11.8 Å². The Hall–Kier alpha value is -1.43. The number of nitrogens with zero attached hydrogens (tertiary/aromatic N) is 1. The molecule has 0 radical (unpaired) electrons.